The summed E-state index contributed by atoms with van der Waals surface area (Å²) in [5, 5.41) is 21.7. The summed E-state index contributed by atoms with van der Waals surface area (Å²) >= 11 is 6.13. The first kappa shape index (κ1) is 24.8. The lowest BCUT2D eigenvalue weighted by atomic mass is 10.1. The number of carbonyl (C=O) groups excluding carboxylic acids is 1. The number of benzene rings is 2. The zero-order valence-electron chi connectivity index (χ0n) is 19.5. The number of imidazole rings is 1. The van der Waals surface area contributed by atoms with E-state index in [2.05, 4.69) is 38.1 Å². The van der Waals surface area contributed by atoms with E-state index in [1.807, 2.05) is 12.1 Å². The van der Waals surface area contributed by atoms with Gasteiger partial charge in [-0.1, -0.05) is 23.9 Å². The van der Waals surface area contributed by atoms with Crippen LogP contribution in [0.4, 0.5) is 4.79 Å². The summed E-state index contributed by atoms with van der Waals surface area (Å²) < 4.78 is 7.16. The quantitative estimate of drug-likeness (QED) is 0.300. The molecule has 3 heterocycles. The Morgan fingerprint density at radius 2 is 1.84 bits per heavy atom. The van der Waals surface area contributed by atoms with Crippen molar-refractivity contribution in [2.75, 3.05) is 13.1 Å². The number of hydrogen-bond acceptors (Lipinski definition) is 9. The van der Waals surface area contributed by atoms with Crippen molar-refractivity contribution in [3.63, 3.8) is 0 Å². The number of carboxylic acid groups (broad SMARTS) is 1. The Labute approximate surface area is 221 Å². The van der Waals surface area contributed by atoms with Gasteiger partial charge in [0.1, 0.15) is 11.6 Å². The van der Waals surface area contributed by atoms with Gasteiger partial charge in [0.2, 0.25) is 5.16 Å². The number of thiol groups is 1. The Kier molecular flexibility index (Phi) is 7.42. The minimum atomic E-state index is -0.989. The number of aromatic carboxylic acids is 1. The van der Waals surface area contributed by atoms with Crippen LogP contribution in [-0.2, 0) is 0 Å². The van der Waals surface area contributed by atoms with Crippen molar-refractivity contribution in [2.45, 2.75) is 28.5 Å². The molecular formula is C24H23N7O4S2. The Bertz CT molecular complexity index is 1350. The SMILES string of the molecule is O=C(O)c1ccc(-n2nnnc2SC2CCN(C(=O)Oc3ccc(C(S)c4ncc[nH]4)cc3)CC2)cc1. The molecule has 37 heavy (non-hydrogen) atoms. The molecule has 1 aliphatic heterocycles. The Balaban J connectivity index is 1.13. The van der Waals surface area contributed by atoms with E-state index in [0.29, 0.717) is 29.7 Å². The highest BCUT2D eigenvalue weighted by Crippen LogP contribution is 2.31. The van der Waals surface area contributed by atoms with E-state index in [4.69, 9.17) is 9.84 Å². The summed E-state index contributed by atoms with van der Waals surface area (Å²) in [5.41, 5.74) is 1.81. The number of hydrogen-bond donors (Lipinski definition) is 3. The Hall–Kier alpha value is -3.84. The van der Waals surface area contributed by atoms with Gasteiger partial charge in [0, 0.05) is 30.7 Å². The highest BCUT2D eigenvalue weighted by Gasteiger charge is 2.26. The number of nitrogens with zero attached hydrogens (tertiary/aromatic N) is 6. The molecule has 11 nitrogen and oxygen atoms in total. The number of thioether (sulfide) groups is 1. The van der Waals surface area contributed by atoms with Crippen LogP contribution in [0.2, 0.25) is 0 Å². The maximum atomic E-state index is 12.7. The fourth-order valence-electron chi connectivity index (χ4n) is 3.93. The van der Waals surface area contributed by atoms with Crippen molar-refractivity contribution in [1.82, 2.24) is 35.1 Å². The monoisotopic (exact) mass is 537 g/mol. The van der Waals surface area contributed by atoms with E-state index in [9.17, 15) is 9.59 Å². The molecule has 2 aromatic heterocycles. The topological polar surface area (TPSA) is 139 Å². The third-order valence-corrected chi connectivity index (χ3v) is 7.76. The van der Waals surface area contributed by atoms with Crippen LogP contribution in [0, 0.1) is 0 Å². The van der Waals surface area contributed by atoms with Gasteiger partial charge in [-0.15, -0.1) is 5.10 Å². The second-order valence-electron chi connectivity index (χ2n) is 8.34. The lowest BCUT2D eigenvalue weighted by Gasteiger charge is -2.30. The number of nitrogens with one attached hydrogen (secondary N) is 1. The van der Waals surface area contributed by atoms with Crippen LogP contribution in [0.3, 0.4) is 0 Å². The normalized spacial score (nSPS) is 14.9. The number of tetrazole rings is 1. The van der Waals surface area contributed by atoms with Crippen molar-refractivity contribution in [3.8, 4) is 11.4 Å². The largest absolute Gasteiger partial charge is 0.478 e. The first-order chi connectivity index (χ1) is 18.0. The summed E-state index contributed by atoms with van der Waals surface area (Å²) in [7, 11) is 0. The molecule has 1 saturated heterocycles. The number of likely N-dealkylation sites (tertiary alicyclic amines) is 1. The number of amides is 1. The second kappa shape index (κ2) is 11.0. The predicted molar refractivity (Wildman–Crippen MR) is 138 cm³/mol. The molecule has 1 unspecified atom stereocenters. The molecule has 1 aliphatic rings. The minimum Gasteiger partial charge on any atom is -0.478 e. The molecule has 190 valence electrons. The number of carboxylic acids is 1. The van der Waals surface area contributed by atoms with Crippen LogP contribution in [0.1, 0.15) is 39.8 Å². The first-order valence-corrected chi connectivity index (χ1v) is 12.9. The van der Waals surface area contributed by atoms with Gasteiger partial charge in [-0.05, 0) is 65.2 Å². The Morgan fingerprint density at radius 3 is 2.49 bits per heavy atom. The van der Waals surface area contributed by atoms with Crippen molar-refractivity contribution in [3.05, 3.63) is 77.9 Å². The summed E-state index contributed by atoms with van der Waals surface area (Å²) in [6.45, 7) is 1.11. The van der Waals surface area contributed by atoms with Gasteiger partial charge >= 0.3 is 12.1 Å². The lowest BCUT2D eigenvalue weighted by molar-refractivity contribution is 0.0696. The molecule has 5 rings (SSSR count). The van der Waals surface area contributed by atoms with E-state index in [1.54, 1.807) is 58.0 Å². The maximum absolute atomic E-state index is 12.7. The summed E-state index contributed by atoms with van der Waals surface area (Å²) in [6, 6.07) is 13.6. The average molecular weight is 538 g/mol. The standard InChI is InChI=1S/C24H23N7O4S2/c32-22(33)16-1-5-17(6-2-16)31-23(27-28-29-31)37-19-9-13-30(14-10-19)24(34)35-18-7-3-15(4-8-18)20(36)21-25-11-12-26-21/h1-8,11-12,19-20,36H,9-10,13-14H2,(H,25,26)(H,32,33). The molecule has 4 aromatic rings. The molecule has 2 N–H and O–H groups in total. The van der Waals surface area contributed by atoms with E-state index >= 15 is 0 Å². The molecule has 0 spiro atoms. The molecule has 0 saturated carbocycles. The van der Waals surface area contributed by atoms with Gasteiger partial charge in [0.25, 0.3) is 0 Å². The van der Waals surface area contributed by atoms with Crippen molar-refractivity contribution in [1.29, 1.82) is 0 Å². The third kappa shape index (κ3) is 5.78. The van der Waals surface area contributed by atoms with Crippen LogP contribution < -0.4 is 4.74 Å². The van der Waals surface area contributed by atoms with Crippen molar-refractivity contribution < 1.29 is 19.4 Å². The van der Waals surface area contributed by atoms with E-state index in [0.717, 1.165) is 24.2 Å². The summed E-state index contributed by atoms with van der Waals surface area (Å²) in [5.74, 6) is 0.230. The molecule has 0 bridgehead atoms. The number of H-pyrrole nitrogens is 1. The number of ether oxygens (including phenoxy) is 1. The van der Waals surface area contributed by atoms with Crippen molar-refractivity contribution in [2.24, 2.45) is 0 Å². The van der Waals surface area contributed by atoms with Crippen LogP contribution in [0.25, 0.3) is 5.69 Å². The summed E-state index contributed by atoms with van der Waals surface area (Å²) in [6.07, 6.45) is 4.56. The van der Waals surface area contributed by atoms with Crippen LogP contribution in [-0.4, -0.2) is 70.6 Å². The first-order valence-electron chi connectivity index (χ1n) is 11.5. The minimum absolute atomic E-state index is 0.193. The molecular weight excluding hydrogens is 514 g/mol. The molecule has 2 aromatic carbocycles. The van der Waals surface area contributed by atoms with Crippen LogP contribution in [0.15, 0.2) is 66.1 Å². The number of piperidine rings is 1. The zero-order chi connectivity index (χ0) is 25.8. The molecule has 1 atom stereocenters. The lowest BCUT2D eigenvalue weighted by Crippen LogP contribution is -2.41. The van der Waals surface area contributed by atoms with Gasteiger partial charge in [-0.2, -0.15) is 17.3 Å². The molecule has 13 heteroatoms. The van der Waals surface area contributed by atoms with E-state index < -0.39 is 5.97 Å². The van der Waals surface area contributed by atoms with Gasteiger partial charge in [0.15, 0.2) is 0 Å². The third-order valence-electron chi connectivity index (χ3n) is 5.95. The van der Waals surface area contributed by atoms with Gasteiger partial charge in [0.05, 0.1) is 16.5 Å². The number of aromatic nitrogens is 6. The maximum Gasteiger partial charge on any atom is 0.415 e. The number of rotatable bonds is 7. The molecule has 1 fully saturated rings. The smallest absolute Gasteiger partial charge is 0.415 e. The summed E-state index contributed by atoms with van der Waals surface area (Å²) in [4.78, 5) is 32.8. The predicted octanol–water partition coefficient (Wildman–Crippen LogP) is 3.86. The number of carbonyl (C=O) groups is 2. The molecule has 0 aliphatic carbocycles. The van der Waals surface area contributed by atoms with Crippen molar-refractivity contribution >= 4 is 36.5 Å². The van der Waals surface area contributed by atoms with Crippen LogP contribution >= 0.6 is 24.4 Å². The van der Waals surface area contributed by atoms with E-state index in [1.165, 1.54) is 12.1 Å². The number of aromatic amines is 1. The molecule has 1 amide bonds. The van der Waals surface area contributed by atoms with Gasteiger partial charge < -0.3 is 19.7 Å². The van der Waals surface area contributed by atoms with E-state index in [-0.39, 0.29) is 22.2 Å². The highest BCUT2D eigenvalue weighted by molar-refractivity contribution is 7.99. The van der Waals surface area contributed by atoms with Gasteiger partial charge in [-0.3, -0.25) is 0 Å². The average Bonchev–Trinajstić information content (AvgIpc) is 3.62. The fraction of sp³-hybridized carbons (Fsp3) is 0.250. The second-order valence-corrected chi connectivity index (χ2v) is 10.1. The zero-order valence-corrected chi connectivity index (χ0v) is 21.2. The molecule has 0 radical (unpaired) electrons. The van der Waals surface area contributed by atoms with Gasteiger partial charge in [-0.25, -0.2) is 14.6 Å². The fourth-order valence-corrected chi connectivity index (χ4v) is 5.32. The van der Waals surface area contributed by atoms with Crippen LogP contribution in [0.5, 0.6) is 5.75 Å². The Morgan fingerprint density at radius 1 is 1.11 bits per heavy atom. The highest BCUT2D eigenvalue weighted by atomic mass is 32.2.